The van der Waals surface area contributed by atoms with E-state index in [4.69, 9.17) is 21.1 Å². The maximum Gasteiger partial charge on any atom is 0.172 e. The second-order valence-corrected chi connectivity index (χ2v) is 5.35. The van der Waals surface area contributed by atoms with Crippen molar-refractivity contribution in [2.24, 2.45) is 4.99 Å². The highest BCUT2D eigenvalue weighted by Crippen LogP contribution is 2.32. The molecule has 0 bridgehead atoms. The first kappa shape index (κ1) is 14.7. The molecule has 5 heteroatoms. The number of hydrogen-bond donors (Lipinski definition) is 1. The van der Waals surface area contributed by atoms with Gasteiger partial charge in [-0.2, -0.15) is 0 Å². The summed E-state index contributed by atoms with van der Waals surface area (Å²) < 4.78 is 11.4. The van der Waals surface area contributed by atoms with Gasteiger partial charge in [-0.3, -0.25) is 4.99 Å². The molecular weight excluding hydrogens is 300 g/mol. The van der Waals surface area contributed by atoms with Crippen LogP contribution in [0, 0.1) is 0 Å². The summed E-state index contributed by atoms with van der Waals surface area (Å²) in [6, 6.07) is 13.4. The van der Waals surface area contributed by atoms with E-state index in [9.17, 15) is 0 Å². The van der Waals surface area contributed by atoms with Crippen LogP contribution in [-0.2, 0) is 6.61 Å². The van der Waals surface area contributed by atoms with E-state index in [-0.39, 0.29) is 0 Å². The Morgan fingerprint density at radius 2 is 2.09 bits per heavy atom. The predicted molar refractivity (Wildman–Crippen MR) is 88.2 cm³/mol. The lowest BCUT2D eigenvalue weighted by Crippen LogP contribution is -2.20. The third-order valence-electron chi connectivity index (χ3n) is 3.40. The molecule has 1 aliphatic heterocycles. The van der Waals surface area contributed by atoms with Gasteiger partial charge in [0.15, 0.2) is 11.5 Å². The first-order valence-electron chi connectivity index (χ1n) is 7.11. The molecule has 0 saturated carbocycles. The van der Waals surface area contributed by atoms with Crippen molar-refractivity contribution in [3.8, 4) is 11.5 Å². The maximum atomic E-state index is 6.01. The monoisotopic (exact) mass is 316 g/mol. The van der Waals surface area contributed by atoms with Gasteiger partial charge in [0.2, 0.25) is 0 Å². The van der Waals surface area contributed by atoms with E-state index in [1.807, 2.05) is 42.5 Å². The van der Waals surface area contributed by atoms with E-state index in [0.717, 1.165) is 30.1 Å². The largest absolute Gasteiger partial charge is 0.493 e. The summed E-state index contributed by atoms with van der Waals surface area (Å²) in [6.07, 6.45) is 0. The Morgan fingerprint density at radius 1 is 1.23 bits per heavy atom. The van der Waals surface area contributed by atoms with E-state index in [0.29, 0.717) is 23.1 Å². The second kappa shape index (κ2) is 6.71. The molecule has 0 aliphatic carbocycles. The molecule has 2 aromatic rings. The summed E-state index contributed by atoms with van der Waals surface area (Å²) in [5.74, 6) is 2.23. The lowest BCUT2D eigenvalue weighted by molar-refractivity contribution is 0.284. The summed E-state index contributed by atoms with van der Waals surface area (Å²) in [5.41, 5.74) is 1.92. The Labute approximate surface area is 134 Å². The molecule has 0 atom stereocenters. The molecule has 22 heavy (non-hydrogen) atoms. The Morgan fingerprint density at radius 3 is 2.82 bits per heavy atom. The Bertz CT molecular complexity index is 701. The number of ether oxygens (including phenoxy) is 2. The highest BCUT2D eigenvalue weighted by molar-refractivity contribution is 6.30. The fourth-order valence-corrected chi connectivity index (χ4v) is 2.59. The third-order valence-corrected chi connectivity index (χ3v) is 3.64. The maximum absolute atomic E-state index is 6.01. The number of rotatable bonds is 5. The Balaban J connectivity index is 1.88. The molecule has 4 nitrogen and oxygen atoms in total. The van der Waals surface area contributed by atoms with E-state index in [1.165, 1.54) is 0 Å². The van der Waals surface area contributed by atoms with Crippen molar-refractivity contribution in [3.63, 3.8) is 0 Å². The normalized spacial score (nSPS) is 13.5. The van der Waals surface area contributed by atoms with Crippen molar-refractivity contribution in [1.29, 1.82) is 0 Å². The fraction of sp³-hybridized carbons (Fsp3) is 0.235. The number of benzene rings is 2. The average Bonchev–Trinajstić information content (AvgIpc) is 3.07. The molecule has 0 fully saturated rings. The topological polar surface area (TPSA) is 42.8 Å². The third kappa shape index (κ3) is 3.17. The highest BCUT2D eigenvalue weighted by atomic mass is 35.5. The van der Waals surface area contributed by atoms with Crippen molar-refractivity contribution in [2.45, 2.75) is 6.61 Å². The lowest BCUT2D eigenvalue weighted by atomic mass is 10.1. The van der Waals surface area contributed by atoms with E-state index < -0.39 is 0 Å². The smallest absolute Gasteiger partial charge is 0.172 e. The zero-order valence-electron chi connectivity index (χ0n) is 12.3. The van der Waals surface area contributed by atoms with Crippen LogP contribution in [0.2, 0.25) is 5.02 Å². The van der Waals surface area contributed by atoms with Crippen molar-refractivity contribution in [3.05, 3.63) is 58.6 Å². The van der Waals surface area contributed by atoms with Gasteiger partial charge in [-0.15, -0.1) is 0 Å². The van der Waals surface area contributed by atoms with Crippen LogP contribution in [0.25, 0.3) is 0 Å². The van der Waals surface area contributed by atoms with Crippen molar-refractivity contribution in [1.82, 2.24) is 5.32 Å². The molecule has 0 spiro atoms. The van der Waals surface area contributed by atoms with Crippen LogP contribution < -0.4 is 14.8 Å². The van der Waals surface area contributed by atoms with Crippen LogP contribution in [0.3, 0.4) is 0 Å². The molecule has 114 valence electrons. The minimum Gasteiger partial charge on any atom is -0.493 e. The number of nitrogens with zero attached hydrogens (tertiary/aromatic N) is 1. The highest BCUT2D eigenvalue weighted by Gasteiger charge is 2.17. The average molecular weight is 317 g/mol. The molecule has 1 aliphatic rings. The zero-order valence-corrected chi connectivity index (χ0v) is 13.1. The van der Waals surface area contributed by atoms with E-state index in [2.05, 4.69) is 10.3 Å². The minimum absolute atomic E-state index is 0.418. The summed E-state index contributed by atoms with van der Waals surface area (Å²) in [4.78, 5) is 4.46. The predicted octanol–water partition coefficient (Wildman–Crippen LogP) is 3.28. The van der Waals surface area contributed by atoms with Crippen molar-refractivity contribution >= 4 is 17.4 Å². The molecule has 0 aromatic heterocycles. The number of halogens is 1. The summed E-state index contributed by atoms with van der Waals surface area (Å²) in [5, 5.41) is 3.96. The van der Waals surface area contributed by atoms with Crippen LogP contribution in [0.4, 0.5) is 0 Å². The summed E-state index contributed by atoms with van der Waals surface area (Å²) >= 11 is 6.01. The standard InChI is InChI=1S/C17H17ClN2O2/c1-21-15-7-3-6-14(17-19-8-9-20-17)16(15)22-11-12-4-2-5-13(18)10-12/h2-7,10H,8-9,11H2,1H3,(H,19,20). The summed E-state index contributed by atoms with van der Waals surface area (Å²) in [6.45, 7) is 2.04. The van der Waals surface area contributed by atoms with Gasteiger partial charge in [0.25, 0.3) is 0 Å². The Kier molecular flexibility index (Phi) is 4.49. The number of methoxy groups -OCH3 is 1. The van der Waals surface area contributed by atoms with E-state index >= 15 is 0 Å². The van der Waals surface area contributed by atoms with Gasteiger partial charge < -0.3 is 14.8 Å². The number of nitrogens with one attached hydrogen (secondary N) is 1. The van der Waals surface area contributed by atoms with Crippen molar-refractivity contribution in [2.75, 3.05) is 20.2 Å². The van der Waals surface area contributed by atoms with Crippen LogP contribution >= 0.6 is 11.6 Å². The fourth-order valence-electron chi connectivity index (χ4n) is 2.37. The molecule has 0 radical (unpaired) electrons. The SMILES string of the molecule is COc1cccc(C2=NCCN2)c1OCc1cccc(Cl)c1. The molecule has 1 N–H and O–H groups in total. The van der Waals surface area contributed by atoms with Gasteiger partial charge in [-0.05, 0) is 29.8 Å². The first-order chi connectivity index (χ1) is 10.8. The van der Waals surface area contributed by atoms with Crippen LogP contribution in [0.15, 0.2) is 47.5 Å². The Hall–Kier alpha value is -2.20. The van der Waals surface area contributed by atoms with Gasteiger partial charge >= 0.3 is 0 Å². The number of hydrogen-bond acceptors (Lipinski definition) is 4. The molecule has 0 unspecified atom stereocenters. The molecule has 0 saturated heterocycles. The first-order valence-corrected chi connectivity index (χ1v) is 7.48. The second-order valence-electron chi connectivity index (χ2n) is 4.91. The minimum atomic E-state index is 0.418. The zero-order chi connectivity index (χ0) is 15.4. The molecule has 0 amide bonds. The van der Waals surface area contributed by atoms with E-state index in [1.54, 1.807) is 7.11 Å². The number of aliphatic imine (C=N–C) groups is 1. The van der Waals surface area contributed by atoms with Gasteiger partial charge in [-0.25, -0.2) is 0 Å². The molecule has 1 heterocycles. The van der Waals surface area contributed by atoms with Crippen molar-refractivity contribution < 1.29 is 9.47 Å². The number of para-hydroxylation sites is 1. The van der Waals surface area contributed by atoms with Gasteiger partial charge in [0.1, 0.15) is 12.4 Å². The van der Waals surface area contributed by atoms with Crippen LogP contribution in [0.1, 0.15) is 11.1 Å². The molecular formula is C17H17ClN2O2. The van der Waals surface area contributed by atoms with Gasteiger partial charge in [0, 0.05) is 11.6 Å². The summed E-state index contributed by atoms with van der Waals surface area (Å²) in [7, 11) is 1.63. The van der Waals surface area contributed by atoms with Crippen LogP contribution in [-0.4, -0.2) is 26.0 Å². The van der Waals surface area contributed by atoms with Gasteiger partial charge in [0.05, 0.1) is 19.2 Å². The molecule has 2 aromatic carbocycles. The number of amidine groups is 1. The van der Waals surface area contributed by atoms with Gasteiger partial charge in [-0.1, -0.05) is 29.8 Å². The quantitative estimate of drug-likeness (QED) is 0.920. The van der Waals surface area contributed by atoms with Crippen LogP contribution in [0.5, 0.6) is 11.5 Å². The molecule has 3 rings (SSSR count). The lowest BCUT2D eigenvalue weighted by Gasteiger charge is -2.15.